The molecular weight excluding hydrogens is 396 g/mol. The molecule has 3 rings (SSSR count). The maximum Gasteiger partial charge on any atom is 0.321 e. The number of anilines is 1. The first-order chi connectivity index (χ1) is 13.8. The molecule has 0 atom stereocenters. The van der Waals surface area contributed by atoms with Crippen molar-refractivity contribution in [2.24, 2.45) is 5.14 Å². The van der Waals surface area contributed by atoms with Crippen molar-refractivity contribution in [3.63, 3.8) is 0 Å². The lowest BCUT2D eigenvalue weighted by Crippen LogP contribution is -2.52. The van der Waals surface area contributed by atoms with Gasteiger partial charge in [0.25, 0.3) is 5.91 Å². The van der Waals surface area contributed by atoms with E-state index in [1.54, 1.807) is 21.9 Å². The smallest absolute Gasteiger partial charge is 0.321 e. The summed E-state index contributed by atoms with van der Waals surface area (Å²) in [5, 5.41) is 7.76. The fourth-order valence-electron chi connectivity index (χ4n) is 2.84. The van der Waals surface area contributed by atoms with Gasteiger partial charge in [-0.1, -0.05) is 18.2 Å². The van der Waals surface area contributed by atoms with Gasteiger partial charge in [0.2, 0.25) is 10.0 Å². The zero-order valence-electron chi connectivity index (χ0n) is 15.7. The van der Waals surface area contributed by atoms with Gasteiger partial charge in [0, 0.05) is 31.9 Å². The van der Waals surface area contributed by atoms with E-state index in [2.05, 4.69) is 5.32 Å². The number of hydrogen-bond acceptors (Lipinski definition) is 5. The van der Waals surface area contributed by atoms with Gasteiger partial charge in [-0.3, -0.25) is 4.79 Å². The van der Waals surface area contributed by atoms with Crippen molar-refractivity contribution in [3.8, 4) is 5.75 Å². The molecule has 0 spiro atoms. The van der Waals surface area contributed by atoms with E-state index in [9.17, 15) is 18.0 Å². The van der Waals surface area contributed by atoms with Crippen LogP contribution in [0.2, 0.25) is 0 Å². The maximum atomic E-state index is 12.4. The van der Waals surface area contributed by atoms with Crippen molar-refractivity contribution in [2.45, 2.75) is 4.90 Å². The summed E-state index contributed by atoms with van der Waals surface area (Å²) in [7, 11) is -3.78. The van der Waals surface area contributed by atoms with Gasteiger partial charge >= 0.3 is 6.03 Å². The van der Waals surface area contributed by atoms with Gasteiger partial charge in [-0.15, -0.1) is 0 Å². The number of rotatable bonds is 5. The van der Waals surface area contributed by atoms with Crippen molar-refractivity contribution in [1.82, 2.24) is 9.80 Å². The molecule has 154 valence electrons. The van der Waals surface area contributed by atoms with Gasteiger partial charge in [0.1, 0.15) is 5.75 Å². The monoisotopic (exact) mass is 418 g/mol. The molecule has 0 aliphatic carbocycles. The Balaban J connectivity index is 1.46. The SMILES string of the molecule is NS(=O)(=O)c1ccc(NC(=O)N2CCN(C(=O)COc3ccccc3)CC2)cc1. The highest BCUT2D eigenvalue weighted by molar-refractivity contribution is 7.89. The molecule has 0 radical (unpaired) electrons. The molecule has 0 saturated carbocycles. The van der Waals surface area contributed by atoms with Crippen LogP contribution in [0.1, 0.15) is 0 Å². The number of para-hydroxylation sites is 1. The number of carbonyl (C=O) groups is 2. The fraction of sp³-hybridized carbons (Fsp3) is 0.263. The van der Waals surface area contributed by atoms with Crippen molar-refractivity contribution in [1.29, 1.82) is 0 Å². The number of nitrogens with zero attached hydrogens (tertiary/aromatic N) is 2. The normalized spacial score (nSPS) is 14.4. The predicted octanol–water partition coefficient (Wildman–Crippen LogP) is 1.09. The second-order valence-corrected chi connectivity index (χ2v) is 8.03. The molecule has 1 aliphatic heterocycles. The van der Waals surface area contributed by atoms with E-state index in [4.69, 9.17) is 9.88 Å². The number of primary sulfonamides is 1. The zero-order valence-corrected chi connectivity index (χ0v) is 16.5. The van der Waals surface area contributed by atoms with Crippen molar-refractivity contribution in [2.75, 3.05) is 38.1 Å². The minimum Gasteiger partial charge on any atom is -0.484 e. The van der Waals surface area contributed by atoms with Crippen LogP contribution < -0.4 is 15.2 Å². The molecule has 2 aromatic carbocycles. The summed E-state index contributed by atoms with van der Waals surface area (Å²) in [5.41, 5.74) is 0.456. The summed E-state index contributed by atoms with van der Waals surface area (Å²) in [6.07, 6.45) is 0. The lowest BCUT2D eigenvalue weighted by molar-refractivity contribution is -0.134. The van der Waals surface area contributed by atoms with Crippen LogP contribution in [-0.4, -0.2) is 62.9 Å². The van der Waals surface area contributed by atoms with Crippen LogP contribution in [0.5, 0.6) is 5.75 Å². The van der Waals surface area contributed by atoms with E-state index in [0.717, 1.165) is 0 Å². The van der Waals surface area contributed by atoms with Gasteiger partial charge in [-0.05, 0) is 36.4 Å². The van der Waals surface area contributed by atoms with Crippen molar-refractivity contribution >= 4 is 27.6 Å². The molecule has 9 nitrogen and oxygen atoms in total. The zero-order chi connectivity index (χ0) is 20.9. The number of hydrogen-bond donors (Lipinski definition) is 2. The Bertz CT molecular complexity index is 956. The summed E-state index contributed by atoms with van der Waals surface area (Å²) in [5.74, 6) is 0.500. The van der Waals surface area contributed by atoms with Crippen LogP contribution in [0, 0.1) is 0 Å². The third-order valence-corrected chi connectivity index (χ3v) is 5.39. The van der Waals surface area contributed by atoms with Crippen LogP contribution in [-0.2, 0) is 14.8 Å². The predicted molar refractivity (Wildman–Crippen MR) is 107 cm³/mol. The third-order valence-electron chi connectivity index (χ3n) is 4.46. The number of ether oxygens (including phenoxy) is 1. The van der Waals surface area contributed by atoms with Crippen LogP contribution in [0.15, 0.2) is 59.5 Å². The quantitative estimate of drug-likeness (QED) is 0.753. The van der Waals surface area contributed by atoms with E-state index in [-0.39, 0.29) is 23.4 Å². The average Bonchev–Trinajstić information content (AvgIpc) is 2.72. The van der Waals surface area contributed by atoms with E-state index < -0.39 is 10.0 Å². The molecule has 0 bridgehead atoms. The number of nitrogens with two attached hydrogens (primary N) is 1. The highest BCUT2D eigenvalue weighted by Gasteiger charge is 2.24. The molecule has 10 heteroatoms. The highest BCUT2D eigenvalue weighted by Crippen LogP contribution is 2.14. The molecule has 1 saturated heterocycles. The first kappa shape index (κ1) is 20.6. The molecule has 3 N–H and O–H groups in total. The number of piperazine rings is 1. The minimum atomic E-state index is -3.78. The number of benzene rings is 2. The molecule has 1 fully saturated rings. The molecule has 0 aromatic heterocycles. The Hall–Kier alpha value is -3.11. The molecule has 2 aromatic rings. The average molecular weight is 418 g/mol. The molecule has 0 unspecified atom stereocenters. The summed E-state index contributed by atoms with van der Waals surface area (Å²) in [6.45, 7) is 1.55. The largest absolute Gasteiger partial charge is 0.484 e. The maximum absolute atomic E-state index is 12.4. The van der Waals surface area contributed by atoms with E-state index in [1.165, 1.54) is 24.3 Å². The number of amides is 3. The second-order valence-electron chi connectivity index (χ2n) is 6.47. The number of urea groups is 1. The highest BCUT2D eigenvalue weighted by atomic mass is 32.2. The van der Waals surface area contributed by atoms with E-state index >= 15 is 0 Å². The van der Waals surface area contributed by atoms with Gasteiger partial charge < -0.3 is 19.9 Å². The van der Waals surface area contributed by atoms with Crippen LogP contribution in [0.4, 0.5) is 10.5 Å². The summed E-state index contributed by atoms with van der Waals surface area (Å²) < 4.78 is 28.0. The Morgan fingerprint density at radius 1 is 0.931 bits per heavy atom. The summed E-state index contributed by atoms with van der Waals surface area (Å²) in [4.78, 5) is 27.9. The molecule has 1 aliphatic rings. The standard InChI is InChI=1S/C19H22N4O5S/c20-29(26,27)17-8-6-15(7-9-17)21-19(25)23-12-10-22(11-13-23)18(24)14-28-16-4-2-1-3-5-16/h1-9H,10-14H2,(H,21,25)(H2,20,26,27). The van der Waals surface area contributed by atoms with Crippen molar-refractivity contribution < 1.29 is 22.7 Å². The van der Waals surface area contributed by atoms with Gasteiger partial charge in [0.05, 0.1) is 4.90 Å². The topological polar surface area (TPSA) is 122 Å². The van der Waals surface area contributed by atoms with Crippen LogP contribution >= 0.6 is 0 Å². The third kappa shape index (κ3) is 5.69. The summed E-state index contributed by atoms with van der Waals surface area (Å²) in [6, 6.07) is 14.4. The molecular formula is C19H22N4O5S. The van der Waals surface area contributed by atoms with E-state index in [1.807, 2.05) is 18.2 Å². The number of sulfonamides is 1. The first-order valence-corrected chi connectivity index (χ1v) is 10.5. The Labute approximate surface area is 169 Å². The molecule has 3 amide bonds. The number of nitrogens with one attached hydrogen (secondary N) is 1. The lowest BCUT2D eigenvalue weighted by Gasteiger charge is -2.34. The second kappa shape index (κ2) is 8.93. The Morgan fingerprint density at radius 3 is 2.10 bits per heavy atom. The first-order valence-electron chi connectivity index (χ1n) is 8.97. The Kier molecular flexibility index (Phi) is 6.35. The Morgan fingerprint density at radius 2 is 1.52 bits per heavy atom. The van der Waals surface area contributed by atoms with E-state index in [0.29, 0.717) is 37.6 Å². The number of carbonyl (C=O) groups excluding carboxylic acids is 2. The molecule has 1 heterocycles. The van der Waals surface area contributed by atoms with Crippen molar-refractivity contribution in [3.05, 3.63) is 54.6 Å². The minimum absolute atomic E-state index is 0.0275. The molecule has 29 heavy (non-hydrogen) atoms. The van der Waals surface area contributed by atoms with Gasteiger partial charge in [0.15, 0.2) is 6.61 Å². The van der Waals surface area contributed by atoms with Crippen LogP contribution in [0.3, 0.4) is 0 Å². The fourth-order valence-corrected chi connectivity index (χ4v) is 3.36. The van der Waals surface area contributed by atoms with Crippen LogP contribution in [0.25, 0.3) is 0 Å². The van der Waals surface area contributed by atoms with Gasteiger partial charge in [-0.25, -0.2) is 18.4 Å². The van der Waals surface area contributed by atoms with Gasteiger partial charge in [-0.2, -0.15) is 0 Å². The lowest BCUT2D eigenvalue weighted by atomic mass is 10.3. The summed E-state index contributed by atoms with van der Waals surface area (Å²) >= 11 is 0.